The smallest absolute Gasteiger partial charge is 0.414 e. The van der Waals surface area contributed by atoms with Crippen LogP contribution in [0.4, 0.5) is 20.6 Å². The number of benzene rings is 1. The number of carbonyl (C=O) groups is 4. The highest BCUT2D eigenvalue weighted by molar-refractivity contribution is 5.90. The van der Waals surface area contributed by atoms with Crippen molar-refractivity contribution in [1.82, 2.24) is 10.2 Å². The molecule has 1 N–H and O–H groups in total. The standard InChI is InChI=1S/C21H25FN4O6/c1-12(27)23-6-16-9-25(21(30)32-16)15-3-4-18(17(22)5-15)24-7-14-8-26(19(14)10-24)20(29)11-31-13(2)28/h3-5,14,16,19H,6-11H2,1-2H3,(H,23,27)/t14-,16-,19-/m0/s1. The van der Waals surface area contributed by atoms with Crippen LogP contribution in [0.15, 0.2) is 18.2 Å². The number of esters is 1. The molecule has 3 heterocycles. The van der Waals surface area contributed by atoms with Gasteiger partial charge < -0.3 is 24.6 Å². The van der Waals surface area contributed by atoms with E-state index in [4.69, 9.17) is 9.47 Å². The fraction of sp³-hybridized carbons (Fsp3) is 0.524. The van der Waals surface area contributed by atoms with E-state index in [0.717, 1.165) is 0 Å². The number of hydrogen-bond acceptors (Lipinski definition) is 7. The number of nitrogens with zero attached hydrogens (tertiary/aromatic N) is 3. The molecule has 0 radical (unpaired) electrons. The lowest BCUT2D eigenvalue weighted by atomic mass is 9.92. The molecule has 0 saturated carbocycles. The van der Waals surface area contributed by atoms with Gasteiger partial charge in [-0.25, -0.2) is 9.18 Å². The maximum Gasteiger partial charge on any atom is 0.414 e. The van der Waals surface area contributed by atoms with Gasteiger partial charge in [-0.1, -0.05) is 0 Å². The van der Waals surface area contributed by atoms with Crippen molar-refractivity contribution in [3.05, 3.63) is 24.0 Å². The molecule has 3 fully saturated rings. The number of anilines is 2. The molecule has 0 spiro atoms. The molecule has 3 atom stereocenters. The van der Waals surface area contributed by atoms with Crippen LogP contribution >= 0.6 is 0 Å². The van der Waals surface area contributed by atoms with Crippen LogP contribution in [-0.4, -0.2) is 80.3 Å². The van der Waals surface area contributed by atoms with Gasteiger partial charge in [0.15, 0.2) is 6.61 Å². The zero-order chi connectivity index (χ0) is 23.0. The first-order valence-electron chi connectivity index (χ1n) is 10.4. The van der Waals surface area contributed by atoms with E-state index in [-0.39, 0.29) is 43.5 Å². The highest BCUT2D eigenvalue weighted by Gasteiger charge is 2.48. The molecule has 11 heteroatoms. The minimum Gasteiger partial charge on any atom is -0.456 e. The second kappa shape index (κ2) is 8.64. The number of likely N-dealkylation sites (tertiary alicyclic amines) is 1. The summed E-state index contributed by atoms with van der Waals surface area (Å²) in [6.45, 7) is 4.41. The molecule has 0 unspecified atom stereocenters. The van der Waals surface area contributed by atoms with E-state index in [0.29, 0.717) is 31.0 Å². The maximum absolute atomic E-state index is 15.0. The third-order valence-electron chi connectivity index (χ3n) is 5.99. The SMILES string of the molecule is CC(=O)NC[C@H]1CN(c2ccc(N3C[C@H]4CN(C(=O)COC(C)=O)[C@H]4C3)c(F)c2)C(=O)O1. The van der Waals surface area contributed by atoms with Gasteiger partial charge in [-0.15, -0.1) is 0 Å². The van der Waals surface area contributed by atoms with E-state index in [1.165, 1.54) is 24.8 Å². The normalized spacial score (nSPS) is 24.0. The lowest BCUT2D eigenvalue weighted by molar-refractivity contribution is -0.155. The van der Waals surface area contributed by atoms with Crippen molar-refractivity contribution < 1.29 is 33.0 Å². The number of cyclic esters (lactones) is 1. The number of carbonyl (C=O) groups excluding carboxylic acids is 4. The monoisotopic (exact) mass is 448 g/mol. The fourth-order valence-electron chi connectivity index (χ4n) is 4.38. The molecule has 32 heavy (non-hydrogen) atoms. The van der Waals surface area contributed by atoms with Gasteiger partial charge in [0.2, 0.25) is 5.91 Å². The minimum atomic E-state index is -0.589. The van der Waals surface area contributed by atoms with Gasteiger partial charge in [0.05, 0.1) is 30.5 Å². The highest BCUT2D eigenvalue weighted by atomic mass is 19.1. The average Bonchev–Trinajstić information content (AvgIpc) is 3.25. The van der Waals surface area contributed by atoms with Gasteiger partial charge in [0.25, 0.3) is 5.91 Å². The van der Waals surface area contributed by atoms with E-state index in [2.05, 4.69) is 5.32 Å². The second-order valence-corrected chi connectivity index (χ2v) is 8.25. The van der Waals surface area contributed by atoms with Crippen molar-refractivity contribution in [2.75, 3.05) is 49.1 Å². The summed E-state index contributed by atoms with van der Waals surface area (Å²) in [5, 5.41) is 2.60. The summed E-state index contributed by atoms with van der Waals surface area (Å²) < 4.78 is 25.0. The van der Waals surface area contributed by atoms with E-state index in [1.807, 2.05) is 4.90 Å². The van der Waals surface area contributed by atoms with Crippen LogP contribution in [0.1, 0.15) is 13.8 Å². The average molecular weight is 448 g/mol. The molecule has 10 nitrogen and oxygen atoms in total. The topological polar surface area (TPSA) is 108 Å². The molecule has 0 aromatic heterocycles. The third kappa shape index (κ3) is 4.32. The van der Waals surface area contributed by atoms with Crippen molar-refractivity contribution in [3.8, 4) is 0 Å². The second-order valence-electron chi connectivity index (χ2n) is 8.25. The van der Waals surface area contributed by atoms with Crippen LogP contribution in [0.3, 0.4) is 0 Å². The molecule has 1 aromatic rings. The first kappa shape index (κ1) is 21.8. The summed E-state index contributed by atoms with van der Waals surface area (Å²) in [6, 6.07) is 4.53. The summed E-state index contributed by atoms with van der Waals surface area (Å²) in [4.78, 5) is 51.2. The third-order valence-corrected chi connectivity index (χ3v) is 5.99. The zero-order valence-electron chi connectivity index (χ0n) is 17.9. The Kier molecular flexibility index (Phi) is 5.90. The van der Waals surface area contributed by atoms with Gasteiger partial charge >= 0.3 is 12.1 Å². The minimum absolute atomic E-state index is 0.0415. The van der Waals surface area contributed by atoms with Crippen LogP contribution < -0.4 is 15.1 Å². The lowest BCUT2D eigenvalue weighted by Crippen LogP contribution is -2.59. The fourth-order valence-corrected chi connectivity index (χ4v) is 4.38. The quantitative estimate of drug-likeness (QED) is 0.632. The van der Waals surface area contributed by atoms with Crippen LogP contribution in [0, 0.1) is 11.7 Å². The Morgan fingerprint density at radius 3 is 2.66 bits per heavy atom. The highest BCUT2D eigenvalue weighted by Crippen LogP contribution is 2.37. The Bertz CT molecular complexity index is 956. The Hall–Kier alpha value is -3.37. The largest absolute Gasteiger partial charge is 0.456 e. The van der Waals surface area contributed by atoms with Crippen molar-refractivity contribution >= 4 is 35.3 Å². The van der Waals surface area contributed by atoms with Gasteiger partial charge in [0, 0.05) is 39.4 Å². The van der Waals surface area contributed by atoms with Gasteiger partial charge in [-0.05, 0) is 18.2 Å². The molecular weight excluding hydrogens is 423 g/mol. The number of fused-ring (bicyclic) bond motifs is 1. The number of nitrogens with one attached hydrogen (secondary N) is 1. The van der Waals surface area contributed by atoms with Crippen molar-refractivity contribution in [2.24, 2.45) is 5.92 Å². The Morgan fingerprint density at radius 2 is 1.97 bits per heavy atom. The Labute approximate surface area is 184 Å². The van der Waals surface area contributed by atoms with E-state index >= 15 is 0 Å². The van der Waals surface area contributed by atoms with E-state index in [1.54, 1.807) is 17.0 Å². The number of amides is 3. The number of halogens is 1. The molecule has 0 aliphatic carbocycles. The first-order valence-corrected chi connectivity index (χ1v) is 10.4. The first-order chi connectivity index (χ1) is 15.2. The molecular formula is C21H25FN4O6. The predicted octanol–water partition coefficient (Wildman–Crippen LogP) is 0.497. The summed E-state index contributed by atoms with van der Waals surface area (Å²) >= 11 is 0. The Balaban J connectivity index is 1.37. The molecule has 1 aromatic carbocycles. The van der Waals surface area contributed by atoms with Gasteiger partial charge in [0.1, 0.15) is 11.9 Å². The zero-order valence-corrected chi connectivity index (χ0v) is 17.9. The summed E-state index contributed by atoms with van der Waals surface area (Å²) in [7, 11) is 0. The van der Waals surface area contributed by atoms with Crippen LogP contribution in [-0.2, 0) is 23.9 Å². The molecule has 3 amide bonds. The summed E-state index contributed by atoms with van der Waals surface area (Å²) in [5.41, 5.74) is 0.778. The van der Waals surface area contributed by atoms with Crippen molar-refractivity contribution in [3.63, 3.8) is 0 Å². The maximum atomic E-state index is 15.0. The molecule has 3 aliphatic rings. The van der Waals surface area contributed by atoms with Crippen LogP contribution in [0.25, 0.3) is 0 Å². The van der Waals surface area contributed by atoms with Crippen LogP contribution in [0.5, 0.6) is 0 Å². The lowest BCUT2D eigenvalue weighted by Gasteiger charge is -2.43. The molecule has 172 valence electrons. The molecule has 3 saturated heterocycles. The number of rotatable bonds is 6. The predicted molar refractivity (Wildman–Crippen MR) is 111 cm³/mol. The van der Waals surface area contributed by atoms with Crippen molar-refractivity contribution in [2.45, 2.75) is 26.0 Å². The molecule has 4 rings (SSSR count). The van der Waals surface area contributed by atoms with Crippen LogP contribution in [0.2, 0.25) is 0 Å². The summed E-state index contributed by atoms with van der Waals surface area (Å²) in [5.74, 6) is -1.21. The van der Waals surface area contributed by atoms with E-state index in [9.17, 15) is 23.6 Å². The van der Waals surface area contributed by atoms with Gasteiger partial charge in [-0.3, -0.25) is 19.3 Å². The van der Waals surface area contributed by atoms with Crippen molar-refractivity contribution in [1.29, 1.82) is 0 Å². The number of ether oxygens (including phenoxy) is 2. The molecule has 0 bridgehead atoms. The molecule has 3 aliphatic heterocycles. The number of hydrogen-bond donors (Lipinski definition) is 1. The van der Waals surface area contributed by atoms with Gasteiger partial charge in [-0.2, -0.15) is 0 Å². The Morgan fingerprint density at radius 1 is 1.19 bits per heavy atom. The summed E-state index contributed by atoms with van der Waals surface area (Å²) in [6.07, 6.45) is -1.09. The van der Waals surface area contributed by atoms with E-state index < -0.39 is 24.0 Å².